The molecule has 5 N–H and O–H groups in total. The molecule has 1 aromatic carbocycles. The molecule has 1 aromatic rings. The van der Waals surface area contributed by atoms with Crippen LogP contribution in [0.1, 0.15) is 50.7 Å². The van der Waals surface area contributed by atoms with Crippen molar-refractivity contribution in [1.29, 1.82) is 0 Å². The number of aliphatic carboxylic acids is 1. The predicted molar refractivity (Wildman–Crippen MR) is 124 cm³/mol. The SMILES string of the molecule is CC1CC1.CCCNC1C=C(C(=O)Nc2ccc(CNCCC(=O)O)cc2C)NC=N1. The number of aryl methyl sites for hydroxylation is 1. The van der Waals surface area contributed by atoms with Gasteiger partial charge in [-0.15, -0.1) is 0 Å². The molecule has 8 heteroatoms. The van der Waals surface area contributed by atoms with Crippen molar-refractivity contribution < 1.29 is 14.7 Å². The minimum atomic E-state index is -0.820. The van der Waals surface area contributed by atoms with Crippen LogP contribution in [-0.4, -0.2) is 42.6 Å². The molecule has 2 aliphatic rings. The number of benzene rings is 1. The van der Waals surface area contributed by atoms with Crippen LogP contribution in [0.5, 0.6) is 0 Å². The fourth-order valence-corrected chi connectivity index (χ4v) is 2.74. The third-order valence-electron chi connectivity index (χ3n) is 4.88. The van der Waals surface area contributed by atoms with Gasteiger partial charge in [0, 0.05) is 18.8 Å². The second-order valence-corrected chi connectivity index (χ2v) is 8.01. The summed E-state index contributed by atoms with van der Waals surface area (Å²) in [5.74, 6) is 0.0411. The van der Waals surface area contributed by atoms with Crippen LogP contribution in [0.2, 0.25) is 0 Å². The maximum atomic E-state index is 12.5. The molecule has 170 valence electrons. The third kappa shape index (κ3) is 9.76. The molecule has 1 saturated carbocycles. The molecular weight excluding hydrogens is 394 g/mol. The van der Waals surface area contributed by atoms with Crippen molar-refractivity contribution in [2.24, 2.45) is 10.9 Å². The molecule has 0 saturated heterocycles. The fraction of sp³-hybridized carbons (Fsp3) is 0.522. The Morgan fingerprint density at radius 1 is 1.26 bits per heavy atom. The largest absolute Gasteiger partial charge is 0.481 e. The van der Waals surface area contributed by atoms with Crippen LogP contribution < -0.4 is 21.3 Å². The first-order valence-corrected chi connectivity index (χ1v) is 11.0. The lowest BCUT2D eigenvalue weighted by molar-refractivity contribution is -0.136. The van der Waals surface area contributed by atoms with Gasteiger partial charge in [0.25, 0.3) is 5.91 Å². The van der Waals surface area contributed by atoms with Crippen molar-refractivity contribution in [3.05, 3.63) is 41.1 Å². The lowest BCUT2D eigenvalue weighted by atomic mass is 10.1. The van der Waals surface area contributed by atoms with E-state index in [-0.39, 0.29) is 18.5 Å². The number of carbonyl (C=O) groups excluding carboxylic acids is 1. The Morgan fingerprint density at radius 3 is 2.61 bits per heavy atom. The van der Waals surface area contributed by atoms with E-state index in [1.54, 1.807) is 6.08 Å². The number of anilines is 1. The molecule has 31 heavy (non-hydrogen) atoms. The van der Waals surface area contributed by atoms with Crippen LogP contribution in [0.15, 0.2) is 35.0 Å². The van der Waals surface area contributed by atoms with E-state index in [2.05, 4.69) is 40.1 Å². The number of hydrogen-bond donors (Lipinski definition) is 5. The van der Waals surface area contributed by atoms with E-state index in [9.17, 15) is 9.59 Å². The summed E-state index contributed by atoms with van der Waals surface area (Å²) in [5, 5.41) is 20.7. The van der Waals surface area contributed by atoms with E-state index in [0.717, 1.165) is 35.7 Å². The van der Waals surface area contributed by atoms with Crippen molar-refractivity contribution in [2.75, 3.05) is 18.4 Å². The molecule has 8 nitrogen and oxygen atoms in total. The van der Waals surface area contributed by atoms with Crippen LogP contribution >= 0.6 is 0 Å². The zero-order valence-corrected chi connectivity index (χ0v) is 18.7. The molecule has 3 rings (SSSR count). The molecule has 1 fully saturated rings. The molecule has 0 radical (unpaired) electrons. The summed E-state index contributed by atoms with van der Waals surface area (Å²) in [6, 6.07) is 5.73. The van der Waals surface area contributed by atoms with Crippen LogP contribution in [0, 0.1) is 12.8 Å². The Bertz CT molecular complexity index is 802. The summed E-state index contributed by atoms with van der Waals surface area (Å²) < 4.78 is 0. The highest BCUT2D eigenvalue weighted by atomic mass is 16.4. The van der Waals surface area contributed by atoms with Crippen molar-refractivity contribution in [2.45, 2.75) is 59.2 Å². The van der Waals surface area contributed by atoms with Gasteiger partial charge in [-0.05, 0) is 49.1 Å². The number of amides is 1. The lowest BCUT2D eigenvalue weighted by Gasteiger charge is -2.18. The average Bonchev–Trinajstić information content (AvgIpc) is 3.54. The van der Waals surface area contributed by atoms with Crippen LogP contribution in [0.3, 0.4) is 0 Å². The number of nitrogens with one attached hydrogen (secondary N) is 4. The van der Waals surface area contributed by atoms with Gasteiger partial charge in [0.05, 0.1) is 12.8 Å². The monoisotopic (exact) mass is 429 g/mol. The molecule has 1 amide bonds. The zero-order chi connectivity index (χ0) is 22.6. The van der Waals surface area contributed by atoms with E-state index in [1.807, 2.05) is 25.1 Å². The number of hydrogen-bond acceptors (Lipinski definition) is 6. The molecule has 0 aromatic heterocycles. The normalized spacial score (nSPS) is 17.1. The highest BCUT2D eigenvalue weighted by Gasteiger charge is 2.16. The van der Waals surface area contributed by atoms with Gasteiger partial charge in [-0.1, -0.05) is 38.8 Å². The molecule has 1 unspecified atom stereocenters. The molecule has 0 bridgehead atoms. The van der Waals surface area contributed by atoms with Gasteiger partial charge in [0.15, 0.2) is 0 Å². The number of aliphatic imine (C=N–C) groups is 1. The molecule has 1 aliphatic heterocycles. The number of carboxylic acids is 1. The maximum absolute atomic E-state index is 12.5. The van der Waals surface area contributed by atoms with Crippen molar-refractivity contribution >= 4 is 23.9 Å². The molecule has 0 spiro atoms. The summed E-state index contributed by atoms with van der Waals surface area (Å²) in [5.41, 5.74) is 3.16. The van der Waals surface area contributed by atoms with Crippen molar-refractivity contribution in [3.8, 4) is 0 Å². The van der Waals surface area contributed by atoms with Crippen LogP contribution in [0.25, 0.3) is 0 Å². The number of rotatable bonds is 10. The van der Waals surface area contributed by atoms with E-state index < -0.39 is 5.97 Å². The smallest absolute Gasteiger partial charge is 0.304 e. The van der Waals surface area contributed by atoms with Gasteiger partial charge in [0.1, 0.15) is 11.9 Å². The predicted octanol–water partition coefficient (Wildman–Crippen LogP) is 2.76. The van der Waals surface area contributed by atoms with Crippen molar-refractivity contribution in [1.82, 2.24) is 16.0 Å². The van der Waals surface area contributed by atoms with Crippen molar-refractivity contribution in [3.63, 3.8) is 0 Å². The summed E-state index contributed by atoms with van der Waals surface area (Å²) >= 11 is 0. The third-order valence-corrected chi connectivity index (χ3v) is 4.88. The van der Waals surface area contributed by atoms with Gasteiger partial charge in [0.2, 0.25) is 0 Å². The maximum Gasteiger partial charge on any atom is 0.304 e. The fourth-order valence-electron chi connectivity index (χ4n) is 2.74. The summed E-state index contributed by atoms with van der Waals surface area (Å²) in [6.45, 7) is 8.10. The van der Waals surface area contributed by atoms with E-state index in [0.29, 0.717) is 18.8 Å². The second kappa shape index (κ2) is 12.9. The second-order valence-electron chi connectivity index (χ2n) is 8.01. The number of carbonyl (C=O) groups is 2. The van der Waals surface area contributed by atoms with Gasteiger partial charge in [-0.2, -0.15) is 0 Å². The summed E-state index contributed by atoms with van der Waals surface area (Å²) in [6.07, 6.45) is 7.15. The molecule has 1 heterocycles. The van der Waals surface area contributed by atoms with Gasteiger partial charge in [-0.3, -0.25) is 19.9 Å². The van der Waals surface area contributed by atoms with Crippen LogP contribution in [-0.2, 0) is 16.1 Å². The molecule has 1 aliphatic carbocycles. The van der Waals surface area contributed by atoms with E-state index >= 15 is 0 Å². The quantitative estimate of drug-likeness (QED) is 0.365. The number of nitrogens with zero attached hydrogens (tertiary/aromatic N) is 1. The summed E-state index contributed by atoms with van der Waals surface area (Å²) in [7, 11) is 0. The molecular formula is C23H35N5O3. The minimum absolute atomic E-state index is 0.0899. The van der Waals surface area contributed by atoms with E-state index in [4.69, 9.17) is 5.11 Å². The Hall–Kier alpha value is -2.71. The van der Waals surface area contributed by atoms with E-state index in [1.165, 1.54) is 19.2 Å². The van der Waals surface area contributed by atoms with Gasteiger partial charge >= 0.3 is 5.97 Å². The Morgan fingerprint density at radius 2 is 2.00 bits per heavy atom. The first kappa shape index (κ1) is 24.6. The van der Waals surface area contributed by atoms with Gasteiger partial charge < -0.3 is 21.1 Å². The highest BCUT2D eigenvalue weighted by Crippen LogP contribution is 2.26. The van der Waals surface area contributed by atoms with Crippen LogP contribution in [0.4, 0.5) is 5.69 Å². The zero-order valence-electron chi connectivity index (χ0n) is 18.7. The topological polar surface area (TPSA) is 115 Å². The first-order valence-electron chi connectivity index (χ1n) is 11.0. The Kier molecular flexibility index (Phi) is 10.2. The minimum Gasteiger partial charge on any atom is -0.481 e. The summed E-state index contributed by atoms with van der Waals surface area (Å²) in [4.78, 5) is 27.2. The Balaban J connectivity index is 0.000000762. The highest BCUT2D eigenvalue weighted by molar-refractivity contribution is 6.05. The standard InChI is InChI=1S/C19H27N5O3.C4H8/c1-3-7-21-17-10-16(22-12-23-17)19(27)24-15-5-4-14(9-13(15)2)11-20-8-6-18(25)26;1-4-2-3-4/h4-5,9-10,12,17,20-21H,3,6-8,11H2,1-2H3,(H,22,23)(H,24,27)(H,25,26);4H,2-3H2,1H3. The number of carboxylic acid groups (broad SMARTS) is 1. The lowest BCUT2D eigenvalue weighted by Crippen LogP contribution is -2.35. The molecule has 1 atom stereocenters. The first-order chi connectivity index (χ1) is 14.9. The van der Waals surface area contributed by atoms with Gasteiger partial charge in [-0.25, -0.2) is 0 Å². The average molecular weight is 430 g/mol. The Labute approximate surface area is 184 Å².